The average Bonchev–Trinajstić information content (AvgIpc) is 3.40. The molecule has 1 aliphatic heterocycles. The second-order valence-electron chi connectivity index (χ2n) is 8.89. The maximum Gasteiger partial charge on any atom is 0.221 e. The van der Waals surface area contributed by atoms with Gasteiger partial charge in [-0.05, 0) is 42.3 Å². The molecule has 8 heteroatoms. The van der Waals surface area contributed by atoms with Crippen LogP contribution in [-0.4, -0.2) is 42.8 Å². The van der Waals surface area contributed by atoms with Crippen LogP contribution in [0.3, 0.4) is 0 Å². The summed E-state index contributed by atoms with van der Waals surface area (Å²) in [5.74, 6) is 1.66. The molecule has 5 rings (SSSR count). The highest BCUT2D eigenvalue weighted by Gasteiger charge is 2.26. The van der Waals surface area contributed by atoms with Gasteiger partial charge in [-0.3, -0.25) is 4.79 Å². The fraction of sp³-hybridized carbons (Fsp3) is 0.259. The number of carbonyl (C=O) groups excluding carboxylic acids is 1. The minimum Gasteiger partial charge on any atom is -0.487 e. The number of sulfone groups is 1. The molecule has 4 aromatic rings. The second kappa shape index (κ2) is 9.19. The number of fused-ring (bicyclic) bond motifs is 2. The first-order chi connectivity index (χ1) is 16.8. The van der Waals surface area contributed by atoms with E-state index >= 15 is 0 Å². The third-order valence-electron chi connectivity index (χ3n) is 6.36. The molecule has 0 spiro atoms. The number of ether oxygens (including phenoxy) is 1. The van der Waals surface area contributed by atoms with Gasteiger partial charge in [0.15, 0.2) is 9.84 Å². The monoisotopic (exact) mass is 489 g/mol. The molecule has 1 aliphatic rings. The molecular weight excluding hydrogens is 462 g/mol. The first kappa shape index (κ1) is 23.1. The molecule has 1 unspecified atom stereocenters. The highest BCUT2D eigenvalue weighted by molar-refractivity contribution is 7.90. The van der Waals surface area contributed by atoms with E-state index in [-0.39, 0.29) is 16.9 Å². The van der Waals surface area contributed by atoms with Crippen molar-refractivity contribution in [2.24, 2.45) is 0 Å². The first-order valence-electron chi connectivity index (χ1n) is 11.6. The maximum absolute atomic E-state index is 12.6. The van der Waals surface area contributed by atoms with Crippen LogP contribution < -0.4 is 10.1 Å². The van der Waals surface area contributed by atoms with Crippen molar-refractivity contribution in [1.82, 2.24) is 14.9 Å². The second-order valence-corrected chi connectivity index (χ2v) is 10.9. The Balaban J connectivity index is 1.20. The molecule has 0 saturated heterocycles. The van der Waals surface area contributed by atoms with Gasteiger partial charge in [0.2, 0.25) is 5.91 Å². The lowest BCUT2D eigenvalue weighted by Gasteiger charge is -2.14. The van der Waals surface area contributed by atoms with E-state index in [2.05, 4.69) is 14.9 Å². The van der Waals surface area contributed by atoms with Crippen LogP contribution in [0.5, 0.6) is 5.75 Å². The molecule has 35 heavy (non-hydrogen) atoms. The van der Waals surface area contributed by atoms with E-state index in [0.29, 0.717) is 25.9 Å². The number of nitrogens with zero attached hydrogens (tertiary/aromatic N) is 2. The minimum absolute atomic E-state index is 0.0293. The van der Waals surface area contributed by atoms with Crippen LogP contribution >= 0.6 is 0 Å². The molecule has 0 saturated carbocycles. The van der Waals surface area contributed by atoms with E-state index in [1.54, 1.807) is 24.3 Å². The highest BCUT2D eigenvalue weighted by Crippen LogP contribution is 2.38. The number of aromatic nitrogens is 2. The number of rotatable bonds is 7. The van der Waals surface area contributed by atoms with Gasteiger partial charge >= 0.3 is 0 Å². The van der Waals surface area contributed by atoms with Crippen LogP contribution in [0, 0.1) is 6.92 Å². The van der Waals surface area contributed by atoms with Crippen molar-refractivity contribution < 1.29 is 17.9 Å². The first-order valence-corrected chi connectivity index (χ1v) is 13.5. The predicted molar refractivity (Wildman–Crippen MR) is 135 cm³/mol. The van der Waals surface area contributed by atoms with Gasteiger partial charge in [-0.25, -0.2) is 13.4 Å². The maximum atomic E-state index is 12.6. The van der Waals surface area contributed by atoms with Crippen molar-refractivity contribution in [3.05, 3.63) is 78.1 Å². The van der Waals surface area contributed by atoms with Crippen molar-refractivity contribution >= 4 is 26.8 Å². The molecule has 7 nitrogen and oxygen atoms in total. The van der Waals surface area contributed by atoms with Crippen LogP contribution in [0.1, 0.15) is 17.8 Å². The fourth-order valence-electron chi connectivity index (χ4n) is 4.57. The molecule has 0 radical (unpaired) electrons. The van der Waals surface area contributed by atoms with Crippen molar-refractivity contribution in [2.75, 3.05) is 12.8 Å². The summed E-state index contributed by atoms with van der Waals surface area (Å²) in [5.41, 5.74) is 4.85. The Hall–Kier alpha value is -3.65. The summed E-state index contributed by atoms with van der Waals surface area (Å²) in [6.45, 7) is 2.94. The van der Waals surface area contributed by atoms with Crippen molar-refractivity contribution in [3.63, 3.8) is 0 Å². The van der Waals surface area contributed by atoms with E-state index in [9.17, 15) is 13.2 Å². The van der Waals surface area contributed by atoms with E-state index in [1.165, 1.54) is 6.26 Å². The van der Waals surface area contributed by atoms with Gasteiger partial charge in [-0.15, -0.1) is 0 Å². The van der Waals surface area contributed by atoms with Crippen LogP contribution in [0.15, 0.2) is 71.6 Å². The zero-order valence-corrected chi connectivity index (χ0v) is 20.5. The fourth-order valence-corrected chi connectivity index (χ4v) is 5.20. The van der Waals surface area contributed by atoms with Gasteiger partial charge in [-0.2, -0.15) is 0 Å². The zero-order chi connectivity index (χ0) is 24.6. The van der Waals surface area contributed by atoms with E-state index < -0.39 is 9.84 Å². The SMILES string of the molecule is Cc1nc2ccccc2n1CCC(=O)NCC1Cc2cccc(-c3ccc(S(C)(=O)=O)cc3)c2O1. The molecule has 1 amide bonds. The summed E-state index contributed by atoms with van der Waals surface area (Å²) in [5, 5.41) is 3.01. The van der Waals surface area contributed by atoms with Crippen molar-refractivity contribution in [2.45, 2.75) is 37.3 Å². The topological polar surface area (TPSA) is 90.3 Å². The lowest BCUT2D eigenvalue weighted by atomic mass is 10.0. The van der Waals surface area contributed by atoms with Crippen molar-refractivity contribution in [3.8, 4) is 16.9 Å². The van der Waals surface area contributed by atoms with Crippen LogP contribution in [-0.2, 0) is 27.6 Å². The number of benzene rings is 3. The summed E-state index contributed by atoms with van der Waals surface area (Å²) in [4.78, 5) is 17.4. The predicted octanol–water partition coefficient (Wildman–Crippen LogP) is 3.93. The smallest absolute Gasteiger partial charge is 0.221 e. The molecule has 1 aromatic heterocycles. The van der Waals surface area contributed by atoms with Gasteiger partial charge in [0.25, 0.3) is 0 Å². The third-order valence-corrected chi connectivity index (χ3v) is 7.49. The number of para-hydroxylation sites is 3. The summed E-state index contributed by atoms with van der Waals surface area (Å²) in [6, 6.07) is 20.7. The molecule has 2 heterocycles. The Kier molecular flexibility index (Phi) is 6.06. The summed E-state index contributed by atoms with van der Waals surface area (Å²) in [6.07, 6.45) is 2.11. The number of nitrogens with one attached hydrogen (secondary N) is 1. The van der Waals surface area contributed by atoms with Gasteiger partial charge in [0.1, 0.15) is 17.7 Å². The summed E-state index contributed by atoms with van der Waals surface area (Å²) in [7, 11) is -3.25. The molecular formula is C27H27N3O4S. The standard InChI is InChI=1S/C27H27N3O4S/c1-18-29-24-8-3-4-9-25(24)30(18)15-14-26(31)28-17-21-16-20-6-5-7-23(27(20)34-21)19-10-12-22(13-11-19)35(2,32)33/h3-13,21H,14-17H2,1-2H3,(H,28,31). The molecule has 1 N–H and O–H groups in total. The van der Waals surface area contributed by atoms with E-state index in [1.807, 2.05) is 49.4 Å². The van der Waals surface area contributed by atoms with E-state index in [0.717, 1.165) is 39.3 Å². The minimum atomic E-state index is -3.25. The number of carbonyl (C=O) groups is 1. The Morgan fingerprint density at radius 1 is 1.09 bits per heavy atom. The highest BCUT2D eigenvalue weighted by atomic mass is 32.2. The van der Waals surface area contributed by atoms with Gasteiger partial charge in [0.05, 0.1) is 22.5 Å². The number of amides is 1. The van der Waals surface area contributed by atoms with Crippen LogP contribution in [0.25, 0.3) is 22.2 Å². The molecule has 0 fully saturated rings. The van der Waals surface area contributed by atoms with Gasteiger partial charge in [0, 0.05) is 31.2 Å². The van der Waals surface area contributed by atoms with Crippen LogP contribution in [0.2, 0.25) is 0 Å². The number of hydrogen-bond acceptors (Lipinski definition) is 5. The van der Waals surface area contributed by atoms with Crippen molar-refractivity contribution in [1.29, 1.82) is 0 Å². The largest absolute Gasteiger partial charge is 0.487 e. The Bertz CT molecular complexity index is 1510. The molecule has 0 bridgehead atoms. The number of imidazole rings is 1. The molecule has 3 aromatic carbocycles. The Labute approximate surface area is 204 Å². The van der Waals surface area contributed by atoms with Gasteiger partial charge < -0.3 is 14.6 Å². The molecule has 180 valence electrons. The lowest BCUT2D eigenvalue weighted by Crippen LogP contribution is -2.34. The normalized spacial score (nSPS) is 15.1. The quantitative estimate of drug-likeness (QED) is 0.425. The molecule has 0 aliphatic carbocycles. The average molecular weight is 490 g/mol. The number of aryl methyl sites for hydroxylation is 2. The summed E-state index contributed by atoms with van der Waals surface area (Å²) < 4.78 is 31.8. The molecule has 1 atom stereocenters. The Morgan fingerprint density at radius 3 is 2.63 bits per heavy atom. The third kappa shape index (κ3) is 4.79. The lowest BCUT2D eigenvalue weighted by molar-refractivity contribution is -0.121. The van der Waals surface area contributed by atoms with Gasteiger partial charge in [-0.1, -0.05) is 42.5 Å². The summed E-state index contributed by atoms with van der Waals surface area (Å²) >= 11 is 0. The number of hydrogen-bond donors (Lipinski definition) is 1. The zero-order valence-electron chi connectivity index (χ0n) is 19.7. The van der Waals surface area contributed by atoms with E-state index in [4.69, 9.17) is 4.74 Å². The van der Waals surface area contributed by atoms with Crippen LogP contribution in [0.4, 0.5) is 0 Å². The Morgan fingerprint density at radius 2 is 1.86 bits per heavy atom.